The summed E-state index contributed by atoms with van der Waals surface area (Å²) in [7, 11) is 0. The highest BCUT2D eigenvalue weighted by molar-refractivity contribution is 5.99. The highest BCUT2D eigenvalue weighted by Crippen LogP contribution is 2.38. The Balaban J connectivity index is 1.88. The Labute approximate surface area is 121 Å². The molecule has 7 nitrogen and oxygen atoms in total. The number of aryl methyl sites for hydroxylation is 1. The van der Waals surface area contributed by atoms with Gasteiger partial charge in [0.2, 0.25) is 5.95 Å². The third-order valence-electron chi connectivity index (χ3n) is 4.08. The summed E-state index contributed by atoms with van der Waals surface area (Å²) >= 11 is 0. The van der Waals surface area contributed by atoms with E-state index in [1.165, 1.54) is 6.33 Å². The lowest BCUT2D eigenvalue weighted by Gasteiger charge is -2.31. The van der Waals surface area contributed by atoms with E-state index in [2.05, 4.69) is 20.5 Å². The number of ketones is 1. The molecule has 0 spiro atoms. The van der Waals surface area contributed by atoms with Gasteiger partial charge in [0, 0.05) is 30.4 Å². The predicted octanol–water partition coefficient (Wildman–Crippen LogP) is 1.52. The average Bonchev–Trinajstić information content (AvgIpc) is 3.14. The lowest BCUT2D eigenvalue weighted by Crippen LogP contribution is -2.31. The van der Waals surface area contributed by atoms with Crippen molar-refractivity contribution in [1.29, 1.82) is 0 Å². The van der Waals surface area contributed by atoms with Crippen LogP contribution in [0, 0.1) is 0 Å². The van der Waals surface area contributed by atoms with Gasteiger partial charge >= 0.3 is 0 Å². The van der Waals surface area contributed by atoms with E-state index in [-0.39, 0.29) is 11.8 Å². The fourth-order valence-electron chi connectivity index (χ4n) is 3.07. The van der Waals surface area contributed by atoms with Crippen LogP contribution in [0.25, 0.3) is 0 Å². The van der Waals surface area contributed by atoms with Crippen molar-refractivity contribution in [2.45, 2.75) is 38.8 Å². The topological polar surface area (TPSA) is 77.6 Å². The number of rotatable bonds is 2. The fraction of sp³-hybridized carbons (Fsp3) is 0.429. The first-order valence-electron chi connectivity index (χ1n) is 7.24. The summed E-state index contributed by atoms with van der Waals surface area (Å²) in [5.41, 5.74) is 2.61. The first-order valence-corrected chi connectivity index (χ1v) is 7.24. The second kappa shape index (κ2) is 4.54. The maximum Gasteiger partial charge on any atom is 0.226 e. The van der Waals surface area contributed by atoms with Crippen molar-refractivity contribution in [2.75, 3.05) is 5.32 Å². The number of Topliss-reactive ketones (excluding diaryl/α,β-unsaturated/α-hetero) is 1. The third-order valence-corrected chi connectivity index (χ3v) is 4.08. The number of carbonyl (C=O) groups is 1. The van der Waals surface area contributed by atoms with E-state index < -0.39 is 0 Å². The Hall–Kier alpha value is -2.44. The fourth-order valence-corrected chi connectivity index (χ4v) is 3.07. The number of nitrogens with zero attached hydrogens (tertiary/aromatic N) is 5. The van der Waals surface area contributed by atoms with Crippen LogP contribution in [-0.4, -0.2) is 30.3 Å². The zero-order valence-corrected chi connectivity index (χ0v) is 11.8. The van der Waals surface area contributed by atoms with E-state index in [0.29, 0.717) is 12.4 Å². The molecule has 0 fully saturated rings. The molecule has 1 aliphatic heterocycles. The van der Waals surface area contributed by atoms with Gasteiger partial charge in [-0.05, 0) is 25.8 Å². The molecule has 1 N–H and O–H groups in total. The zero-order chi connectivity index (χ0) is 14.4. The Bertz CT molecular complexity index is 740. The third kappa shape index (κ3) is 1.80. The van der Waals surface area contributed by atoms with Gasteiger partial charge < -0.3 is 5.32 Å². The second-order valence-electron chi connectivity index (χ2n) is 5.32. The quantitative estimate of drug-likeness (QED) is 0.904. The summed E-state index contributed by atoms with van der Waals surface area (Å²) in [5.74, 6) is 0.862. The molecule has 3 heterocycles. The van der Waals surface area contributed by atoms with Crippen LogP contribution in [0.15, 0.2) is 29.9 Å². The van der Waals surface area contributed by atoms with Gasteiger partial charge in [0.25, 0.3) is 0 Å². The van der Waals surface area contributed by atoms with Crippen LogP contribution in [0.4, 0.5) is 5.95 Å². The van der Waals surface area contributed by atoms with Gasteiger partial charge in [0.15, 0.2) is 5.78 Å². The smallest absolute Gasteiger partial charge is 0.226 e. The number of nitrogens with one attached hydrogen (secondary N) is 1. The van der Waals surface area contributed by atoms with E-state index in [9.17, 15) is 4.79 Å². The van der Waals surface area contributed by atoms with E-state index >= 15 is 0 Å². The van der Waals surface area contributed by atoms with Crippen molar-refractivity contribution < 1.29 is 4.79 Å². The van der Waals surface area contributed by atoms with Gasteiger partial charge in [-0.25, -0.2) is 4.68 Å². The van der Waals surface area contributed by atoms with Gasteiger partial charge in [-0.1, -0.05) is 0 Å². The minimum atomic E-state index is -0.264. The van der Waals surface area contributed by atoms with Crippen molar-refractivity contribution in [3.63, 3.8) is 0 Å². The number of allylic oxidation sites excluding steroid dienone is 2. The van der Waals surface area contributed by atoms with E-state index in [1.807, 2.05) is 23.9 Å². The van der Waals surface area contributed by atoms with E-state index in [4.69, 9.17) is 0 Å². The molecular formula is C14H16N6O. The molecule has 0 saturated carbocycles. The first kappa shape index (κ1) is 12.3. The number of carbonyl (C=O) groups excluding carboxylic acids is 1. The molecule has 7 heteroatoms. The predicted molar refractivity (Wildman–Crippen MR) is 75.6 cm³/mol. The molecule has 4 rings (SSSR count). The maximum atomic E-state index is 12.4. The molecule has 1 atom stereocenters. The molecular weight excluding hydrogens is 268 g/mol. The summed E-state index contributed by atoms with van der Waals surface area (Å²) in [6, 6.07) is 1.69. The summed E-state index contributed by atoms with van der Waals surface area (Å²) in [6.07, 6.45) is 5.79. The number of hydrogen-bond acceptors (Lipinski definition) is 5. The molecule has 2 aromatic rings. The lowest BCUT2D eigenvalue weighted by molar-refractivity contribution is -0.116. The molecule has 2 aliphatic rings. The molecule has 1 aliphatic carbocycles. The Kier molecular flexibility index (Phi) is 2.66. The Morgan fingerprint density at radius 3 is 3.14 bits per heavy atom. The van der Waals surface area contributed by atoms with Gasteiger partial charge in [0.1, 0.15) is 12.4 Å². The Morgan fingerprint density at radius 1 is 1.43 bits per heavy atom. The van der Waals surface area contributed by atoms with Crippen LogP contribution in [0.5, 0.6) is 0 Å². The minimum absolute atomic E-state index is 0.181. The summed E-state index contributed by atoms with van der Waals surface area (Å²) in [5, 5.41) is 12.1. The number of hydrogen-bond donors (Lipinski definition) is 1. The normalized spacial score (nSPS) is 21.0. The van der Waals surface area contributed by atoms with Crippen molar-refractivity contribution in [2.24, 2.45) is 0 Å². The van der Waals surface area contributed by atoms with Gasteiger partial charge in [0.05, 0.1) is 5.69 Å². The van der Waals surface area contributed by atoms with Crippen LogP contribution in [-0.2, 0) is 11.3 Å². The Morgan fingerprint density at radius 2 is 2.33 bits per heavy atom. The molecule has 108 valence electrons. The standard InChI is InChI=1S/C14H16N6O/c1-2-19-7-6-10(18-19)13-12-9(4-3-5-11(12)21)17-14-15-8-16-20(13)14/h6-8,13H,2-5H2,1H3,(H,15,16,17)/t13-/m0/s1. The van der Waals surface area contributed by atoms with E-state index in [1.54, 1.807) is 4.68 Å². The van der Waals surface area contributed by atoms with Crippen molar-refractivity contribution in [3.05, 3.63) is 35.6 Å². The van der Waals surface area contributed by atoms with Gasteiger partial charge in [-0.3, -0.25) is 9.48 Å². The second-order valence-corrected chi connectivity index (χ2v) is 5.32. The van der Waals surface area contributed by atoms with Crippen molar-refractivity contribution in [3.8, 4) is 0 Å². The van der Waals surface area contributed by atoms with Crippen molar-refractivity contribution >= 4 is 11.7 Å². The van der Waals surface area contributed by atoms with Gasteiger partial charge in [-0.2, -0.15) is 15.2 Å². The highest BCUT2D eigenvalue weighted by Gasteiger charge is 2.37. The van der Waals surface area contributed by atoms with Gasteiger partial charge in [-0.15, -0.1) is 0 Å². The molecule has 0 aromatic carbocycles. The first-order chi connectivity index (χ1) is 10.3. The number of fused-ring (bicyclic) bond motifs is 1. The zero-order valence-electron chi connectivity index (χ0n) is 11.8. The van der Waals surface area contributed by atoms with Crippen LogP contribution in [0.1, 0.15) is 37.9 Å². The SMILES string of the molecule is CCn1ccc([C@H]2C3=C(CCCC3=O)Nc3ncnn32)n1. The van der Waals surface area contributed by atoms with E-state index in [0.717, 1.165) is 36.4 Å². The average molecular weight is 284 g/mol. The maximum absolute atomic E-state index is 12.4. The molecule has 2 aromatic heterocycles. The van der Waals surface area contributed by atoms with Crippen LogP contribution >= 0.6 is 0 Å². The number of aromatic nitrogens is 5. The lowest BCUT2D eigenvalue weighted by atomic mass is 9.87. The van der Waals surface area contributed by atoms with Crippen molar-refractivity contribution in [1.82, 2.24) is 24.5 Å². The molecule has 0 radical (unpaired) electrons. The largest absolute Gasteiger partial charge is 0.328 e. The van der Waals surface area contributed by atoms with Crippen LogP contribution in [0.2, 0.25) is 0 Å². The summed E-state index contributed by atoms with van der Waals surface area (Å²) in [6.45, 7) is 2.84. The summed E-state index contributed by atoms with van der Waals surface area (Å²) < 4.78 is 3.62. The molecule has 0 bridgehead atoms. The molecule has 0 amide bonds. The highest BCUT2D eigenvalue weighted by atomic mass is 16.1. The monoisotopic (exact) mass is 284 g/mol. The van der Waals surface area contributed by atoms with Crippen LogP contribution < -0.4 is 5.32 Å². The van der Waals surface area contributed by atoms with Crippen LogP contribution in [0.3, 0.4) is 0 Å². The molecule has 0 unspecified atom stereocenters. The minimum Gasteiger partial charge on any atom is -0.328 e. The number of anilines is 1. The molecule has 21 heavy (non-hydrogen) atoms. The molecule has 0 saturated heterocycles. The summed E-state index contributed by atoms with van der Waals surface area (Å²) in [4.78, 5) is 16.7.